The molecule has 1 atom stereocenters. The van der Waals surface area contributed by atoms with Gasteiger partial charge in [0.05, 0.1) is 0 Å². The van der Waals surface area contributed by atoms with Crippen molar-refractivity contribution in [2.45, 2.75) is 26.2 Å². The highest BCUT2D eigenvalue weighted by atomic mass is 31.1. The molecular weight excluding hydrogens is 179 g/mol. The molecule has 0 heterocycles. The summed E-state index contributed by atoms with van der Waals surface area (Å²) in [5, 5.41) is 0.880. The molecule has 0 bridgehead atoms. The van der Waals surface area contributed by atoms with Crippen LogP contribution < -0.4 is 5.30 Å². The van der Waals surface area contributed by atoms with E-state index in [0.717, 1.165) is 10.9 Å². The van der Waals surface area contributed by atoms with E-state index in [1.807, 2.05) is 24.3 Å². The lowest BCUT2D eigenvalue weighted by atomic mass is 9.87. The number of rotatable bonds is 1. The summed E-state index contributed by atoms with van der Waals surface area (Å²) >= 11 is 0. The molecule has 1 rings (SSSR count). The molecule has 2 heteroatoms. The lowest BCUT2D eigenvalue weighted by Gasteiger charge is -2.20. The lowest BCUT2D eigenvalue weighted by molar-refractivity contribution is 0.588. The molecule has 0 saturated heterocycles. The molecule has 0 aromatic heterocycles. The minimum absolute atomic E-state index is 0.0409. The second kappa shape index (κ2) is 3.51. The first kappa shape index (κ1) is 10.3. The molecule has 1 aromatic carbocycles. The Balaban J connectivity index is 3.37. The Morgan fingerprint density at radius 1 is 1.23 bits per heavy atom. The summed E-state index contributed by atoms with van der Waals surface area (Å²) in [6.45, 7) is 6.35. The maximum Gasteiger partial charge on any atom is 0.122 e. The Morgan fingerprint density at radius 3 is 2.15 bits per heavy atom. The standard InChI is InChI=1S/C11H15OP/c1-11(2,3)9-7-5-6-8-10(9)13(4)12/h5-8H,4H2,1-3H3. The Kier molecular flexibility index (Phi) is 2.77. The zero-order chi connectivity index (χ0) is 10.1. The van der Waals surface area contributed by atoms with Crippen LogP contribution in [0.15, 0.2) is 24.3 Å². The van der Waals surface area contributed by atoms with Gasteiger partial charge < -0.3 is 0 Å². The van der Waals surface area contributed by atoms with Gasteiger partial charge in [-0.15, -0.1) is 0 Å². The van der Waals surface area contributed by atoms with E-state index < -0.39 is 7.42 Å². The van der Waals surface area contributed by atoms with Crippen LogP contribution in [0, 0.1) is 0 Å². The Morgan fingerprint density at radius 2 is 1.77 bits per heavy atom. The first-order valence-electron chi connectivity index (χ1n) is 4.30. The largest absolute Gasteiger partial charge is 0.278 e. The second-order valence-corrected chi connectivity index (χ2v) is 5.38. The fourth-order valence-corrected chi connectivity index (χ4v) is 2.26. The van der Waals surface area contributed by atoms with Crippen molar-refractivity contribution in [1.29, 1.82) is 0 Å². The van der Waals surface area contributed by atoms with E-state index in [9.17, 15) is 4.57 Å². The minimum Gasteiger partial charge on any atom is -0.278 e. The molecule has 0 radical (unpaired) electrons. The fourth-order valence-electron chi connectivity index (χ4n) is 1.33. The molecule has 0 aliphatic carbocycles. The molecule has 0 aliphatic heterocycles. The number of benzene rings is 1. The summed E-state index contributed by atoms with van der Waals surface area (Å²) in [6.07, 6.45) is 3.59. The summed E-state index contributed by atoms with van der Waals surface area (Å²) in [6, 6.07) is 7.80. The molecule has 13 heavy (non-hydrogen) atoms. The van der Waals surface area contributed by atoms with E-state index in [4.69, 9.17) is 0 Å². The maximum atomic E-state index is 11.3. The van der Waals surface area contributed by atoms with Crippen molar-refractivity contribution in [1.82, 2.24) is 0 Å². The molecule has 1 aromatic rings. The van der Waals surface area contributed by atoms with E-state index in [2.05, 4.69) is 27.1 Å². The molecule has 0 spiro atoms. The molecule has 1 unspecified atom stereocenters. The van der Waals surface area contributed by atoms with Crippen molar-refractivity contribution in [3.8, 4) is 0 Å². The van der Waals surface area contributed by atoms with Gasteiger partial charge in [0.1, 0.15) is 7.42 Å². The van der Waals surface area contributed by atoms with Crippen molar-refractivity contribution >= 4 is 19.0 Å². The van der Waals surface area contributed by atoms with Gasteiger partial charge in [-0.25, -0.2) is 0 Å². The van der Waals surface area contributed by atoms with Crippen molar-refractivity contribution in [2.75, 3.05) is 0 Å². The molecular formula is C11H15OP. The predicted octanol–water partition coefficient (Wildman–Crippen LogP) is 2.87. The van der Waals surface area contributed by atoms with Crippen LogP contribution in [0.25, 0.3) is 0 Å². The third-order valence-corrected chi connectivity index (χ3v) is 2.91. The van der Waals surface area contributed by atoms with E-state index in [1.165, 1.54) is 0 Å². The highest BCUT2D eigenvalue weighted by molar-refractivity contribution is 7.51. The van der Waals surface area contributed by atoms with Gasteiger partial charge in [0.15, 0.2) is 0 Å². The van der Waals surface area contributed by atoms with Crippen molar-refractivity contribution < 1.29 is 4.57 Å². The molecule has 0 amide bonds. The number of hydrogen-bond acceptors (Lipinski definition) is 1. The molecule has 1 nitrogen and oxygen atoms in total. The number of hydrogen-bond donors (Lipinski definition) is 0. The second-order valence-electron chi connectivity index (χ2n) is 4.15. The third kappa shape index (κ3) is 2.32. The molecule has 0 fully saturated rings. The first-order chi connectivity index (χ1) is 5.93. The zero-order valence-electron chi connectivity index (χ0n) is 8.37. The van der Waals surface area contributed by atoms with E-state index in [1.54, 1.807) is 0 Å². The summed E-state index contributed by atoms with van der Waals surface area (Å²) < 4.78 is 11.3. The lowest BCUT2D eigenvalue weighted by Crippen LogP contribution is -2.19. The van der Waals surface area contributed by atoms with Gasteiger partial charge >= 0.3 is 0 Å². The van der Waals surface area contributed by atoms with Crippen LogP contribution in [-0.2, 0) is 9.98 Å². The monoisotopic (exact) mass is 194 g/mol. The van der Waals surface area contributed by atoms with Crippen molar-refractivity contribution in [2.24, 2.45) is 0 Å². The smallest absolute Gasteiger partial charge is 0.122 e. The SMILES string of the molecule is C=P(=O)c1ccccc1C(C)(C)C. The van der Waals surface area contributed by atoms with Crippen LogP contribution in [0.4, 0.5) is 0 Å². The molecule has 70 valence electrons. The van der Waals surface area contributed by atoms with E-state index in [0.29, 0.717) is 0 Å². The Labute approximate surface area is 80.2 Å². The topological polar surface area (TPSA) is 17.1 Å². The summed E-state index contributed by atoms with van der Waals surface area (Å²) in [4.78, 5) is 0. The highest BCUT2D eigenvalue weighted by Crippen LogP contribution is 2.23. The van der Waals surface area contributed by atoms with Crippen molar-refractivity contribution in [3.05, 3.63) is 29.8 Å². The van der Waals surface area contributed by atoms with Crippen LogP contribution in [0.1, 0.15) is 26.3 Å². The van der Waals surface area contributed by atoms with Gasteiger partial charge in [-0.05, 0) is 23.3 Å². The van der Waals surface area contributed by atoms with Crippen LogP contribution in [0.5, 0.6) is 0 Å². The maximum absolute atomic E-state index is 11.3. The minimum atomic E-state index is -1.48. The summed E-state index contributed by atoms with van der Waals surface area (Å²) in [5.41, 5.74) is 1.17. The fraction of sp³-hybridized carbons (Fsp3) is 0.364. The van der Waals surface area contributed by atoms with E-state index in [-0.39, 0.29) is 5.41 Å². The van der Waals surface area contributed by atoms with Gasteiger partial charge in [0.2, 0.25) is 0 Å². The third-order valence-electron chi connectivity index (χ3n) is 1.98. The summed E-state index contributed by atoms with van der Waals surface area (Å²) in [7, 11) is -1.48. The van der Waals surface area contributed by atoms with Gasteiger partial charge in [0.25, 0.3) is 0 Å². The zero-order valence-corrected chi connectivity index (χ0v) is 9.27. The quantitative estimate of drug-likeness (QED) is 0.628. The van der Waals surface area contributed by atoms with Gasteiger partial charge in [0, 0.05) is 5.30 Å². The van der Waals surface area contributed by atoms with Crippen LogP contribution >= 0.6 is 7.42 Å². The van der Waals surface area contributed by atoms with E-state index >= 15 is 0 Å². The molecule has 0 aliphatic rings. The van der Waals surface area contributed by atoms with Crippen LogP contribution in [0.3, 0.4) is 0 Å². The Hall–Kier alpha value is -0.810. The molecule has 0 saturated carbocycles. The normalized spacial score (nSPS) is 12.7. The average molecular weight is 194 g/mol. The van der Waals surface area contributed by atoms with Gasteiger partial charge in [-0.1, -0.05) is 39.0 Å². The van der Waals surface area contributed by atoms with Crippen LogP contribution in [0.2, 0.25) is 0 Å². The van der Waals surface area contributed by atoms with Gasteiger partial charge in [-0.2, -0.15) is 0 Å². The summed E-state index contributed by atoms with van der Waals surface area (Å²) in [5.74, 6) is 0. The first-order valence-corrected chi connectivity index (χ1v) is 5.74. The van der Waals surface area contributed by atoms with Crippen molar-refractivity contribution in [3.63, 3.8) is 0 Å². The predicted molar refractivity (Wildman–Crippen MR) is 59.5 cm³/mol. The highest BCUT2D eigenvalue weighted by Gasteiger charge is 2.17. The van der Waals surface area contributed by atoms with Crippen LogP contribution in [-0.4, -0.2) is 6.30 Å². The molecule has 0 N–H and O–H groups in total. The average Bonchev–Trinajstić information content (AvgIpc) is 2.03. The van der Waals surface area contributed by atoms with Gasteiger partial charge in [-0.3, -0.25) is 4.57 Å². The Bertz CT molecular complexity index is 362.